The number of para-hydroxylation sites is 2. The Hall–Kier alpha value is -2.28. The summed E-state index contributed by atoms with van der Waals surface area (Å²) in [5.41, 5.74) is 0. The summed E-state index contributed by atoms with van der Waals surface area (Å²) in [5.74, 6) is 1.35. The minimum Gasteiger partial charge on any atom is -0.485 e. The van der Waals surface area contributed by atoms with Crippen LogP contribution in [0, 0.1) is 0 Å². The minimum absolute atomic E-state index is 0.00509. The van der Waals surface area contributed by atoms with Crippen molar-refractivity contribution in [2.75, 3.05) is 37.7 Å². The maximum atomic E-state index is 12.8. The normalized spacial score (nSPS) is 20.6. The molecule has 1 saturated heterocycles. The highest BCUT2D eigenvalue weighted by molar-refractivity contribution is 7.13. The molecule has 0 aliphatic carbocycles. The zero-order chi connectivity index (χ0) is 16.4. The highest BCUT2D eigenvalue weighted by Gasteiger charge is 2.32. The van der Waals surface area contributed by atoms with Gasteiger partial charge in [0.25, 0.3) is 5.91 Å². The van der Waals surface area contributed by atoms with Crippen molar-refractivity contribution in [1.29, 1.82) is 0 Å². The molecule has 1 fully saturated rings. The molecule has 6 nitrogen and oxygen atoms in total. The first-order chi connectivity index (χ1) is 11.8. The van der Waals surface area contributed by atoms with Crippen molar-refractivity contribution < 1.29 is 14.3 Å². The van der Waals surface area contributed by atoms with Crippen LogP contribution in [0.15, 0.2) is 35.8 Å². The predicted octanol–water partition coefficient (Wildman–Crippen LogP) is 2.02. The Balaban J connectivity index is 1.40. The van der Waals surface area contributed by atoms with E-state index >= 15 is 0 Å². The molecule has 0 spiro atoms. The average molecular weight is 345 g/mol. The highest BCUT2D eigenvalue weighted by atomic mass is 32.1. The topological polar surface area (TPSA) is 54.9 Å². The van der Waals surface area contributed by atoms with E-state index in [0.717, 1.165) is 31.2 Å². The molecule has 2 aliphatic heterocycles. The van der Waals surface area contributed by atoms with Crippen molar-refractivity contribution in [2.45, 2.75) is 12.5 Å². The fraction of sp³-hybridized carbons (Fsp3) is 0.412. The molecule has 0 bridgehead atoms. The van der Waals surface area contributed by atoms with Gasteiger partial charge in [0.15, 0.2) is 16.6 Å². The molecular formula is C17H19N3O3S. The van der Waals surface area contributed by atoms with Crippen molar-refractivity contribution in [2.24, 2.45) is 0 Å². The van der Waals surface area contributed by atoms with E-state index < -0.39 is 6.10 Å². The maximum Gasteiger partial charge on any atom is 0.267 e. The van der Waals surface area contributed by atoms with Crippen LogP contribution in [0.3, 0.4) is 0 Å². The molecule has 2 aromatic rings. The second-order valence-electron chi connectivity index (χ2n) is 5.84. The molecule has 2 aliphatic rings. The quantitative estimate of drug-likeness (QED) is 0.833. The number of aromatic nitrogens is 1. The molecular weight excluding hydrogens is 326 g/mol. The molecule has 1 aromatic carbocycles. The van der Waals surface area contributed by atoms with E-state index in [2.05, 4.69) is 9.88 Å². The number of nitrogens with zero attached hydrogens (tertiary/aromatic N) is 3. The Morgan fingerprint density at radius 1 is 1.17 bits per heavy atom. The van der Waals surface area contributed by atoms with Gasteiger partial charge in [0.2, 0.25) is 6.10 Å². The van der Waals surface area contributed by atoms with Gasteiger partial charge in [0.05, 0.1) is 0 Å². The number of fused-ring (bicyclic) bond motifs is 1. The third-order valence-electron chi connectivity index (χ3n) is 4.28. The molecule has 4 rings (SSSR count). The van der Waals surface area contributed by atoms with Gasteiger partial charge < -0.3 is 19.3 Å². The van der Waals surface area contributed by atoms with E-state index in [1.807, 2.05) is 40.7 Å². The van der Waals surface area contributed by atoms with Crippen molar-refractivity contribution in [1.82, 2.24) is 9.88 Å². The number of thiazole rings is 1. The van der Waals surface area contributed by atoms with E-state index in [0.29, 0.717) is 18.0 Å². The lowest BCUT2D eigenvalue weighted by Gasteiger charge is -2.30. The zero-order valence-corrected chi connectivity index (χ0v) is 14.1. The number of hydrogen-bond acceptors (Lipinski definition) is 6. The summed E-state index contributed by atoms with van der Waals surface area (Å²) >= 11 is 1.64. The smallest absolute Gasteiger partial charge is 0.267 e. The summed E-state index contributed by atoms with van der Waals surface area (Å²) in [6.45, 7) is 3.40. The number of amides is 1. The highest BCUT2D eigenvalue weighted by Crippen LogP contribution is 2.31. The Morgan fingerprint density at radius 2 is 2.04 bits per heavy atom. The number of carbonyl (C=O) groups is 1. The monoisotopic (exact) mass is 345 g/mol. The number of hydrogen-bond donors (Lipinski definition) is 0. The van der Waals surface area contributed by atoms with E-state index in [4.69, 9.17) is 9.47 Å². The summed E-state index contributed by atoms with van der Waals surface area (Å²) < 4.78 is 11.5. The van der Waals surface area contributed by atoms with Gasteiger partial charge in [0.1, 0.15) is 6.61 Å². The minimum atomic E-state index is -0.564. The Morgan fingerprint density at radius 3 is 2.88 bits per heavy atom. The zero-order valence-electron chi connectivity index (χ0n) is 13.3. The van der Waals surface area contributed by atoms with Crippen LogP contribution in [-0.4, -0.2) is 54.7 Å². The number of carbonyl (C=O) groups excluding carboxylic acids is 1. The molecule has 3 heterocycles. The third-order valence-corrected chi connectivity index (χ3v) is 5.11. The first kappa shape index (κ1) is 15.3. The van der Waals surface area contributed by atoms with Crippen LogP contribution < -0.4 is 14.4 Å². The molecule has 1 atom stereocenters. The number of benzene rings is 1. The molecule has 24 heavy (non-hydrogen) atoms. The first-order valence-electron chi connectivity index (χ1n) is 8.13. The predicted molar refractivity (Wildman–Crippen MR) is 91.9 cm³/mol. The van der Waals surface area contributed by atoms with E-state index in [1.165, 1.54) is 0 Å². The standard InChI is InChI=1S/C17H19N3O3S/c21-16(15-12-22-13-4-1-2-5-14(13)23-15)19-7-3-8-20(10-9-19)17-18-6-11-24-17/h1-2,4-6,11,15H,3,7-10,12H2/t15-/m0/s1. The van der Waals surface area contributed by atoms with Crippen LogP contribution in [-0.2, 0) is 4.79 Å². The Labute approximate surface area is 144 Å². The Kier molecular flexibility index (Phi) is 4.25. The fourth-order valence-corrected chi connectivity index (χ4v) is 3.74. The number of anilines is 1. The summed E-state index contributed by atoms with van der Waals surface area (Å²) in [6.07, 6.45) is 2.18. The molecule has 7 heteroatoms. The van der Waals surface area contributed by atoms with Crippen molar-refractivity contribution in [3.63, 3.8) is 0 Å². The van der Waals surface area contributed by atoms with Crippen molar-refractivity contribution in [3.8, 4) is 11.5 Å². The first-order valence-corrected chi connectivity index (χ1v) is 9.01. The van der Waals surface area contributed by atoms with Gasteiger partial charge in [-0.05, 0) is 18.6 Å². The lowest BCUT2D eigenvalue weighted by molar-refractivity contribution is -0.141. The van der Waals surface area contributed by atoms with Gasteiger partial charge in [-0.1, -0.05) is 12.1 Å². The van der Waals surface area contributed by atoms with Crippen LogP contribution in [0.5, 0.6) is 11.5 Å². The number of ether oxygens (including phenoxy) is 2. The molecule has 1 amide bonds. The van der Waals surface area contributed by atoms with E-state index in [1.54, 1.807) is 11.3 Å². The van der Waals surface area contributed by atoms with Crippen LogP contribution in [0.4, 0.5) is 5.13 Å². The third kappa shape index (κ3) is 3.03. The fourth-order valence-electron chi connectivity index (χ4n) is 3.05. The summed E-state index contributed by atoms with van der Waals surface area (Å²) in [6, 6.07) is 7.47. The summed E-state index contributed by atoms with van der Waals surface area (Å²) in [5, 5.41) is 3.00. The molecule has 0 N–H and O–H groups in total. The second kappa shape index (κ2) is 6.68. The van der Waals surface area contributed by atoms with E-state index in [-0.39, 0.29) is 12.5 Å². The van der Waals surface area contributed by atoms with Gasteiger partial charge in [-0.25, -0.2) is 4.98 Å². The number of rotatable bonds is 2. The Bertz CT molecular complexity index is 707. The van der Waals surface area contributed by atoms with Gasteiger partial charge in [-0.2, -0.15) is 0 Å². The lowest BCUT2D eigenvalue weighted by atomic mass is 10.2. The SMILES string of the molecule is O=C([C@@H]1COc2ccccc2O1)N1CCCN(c2nccs2)CC1. The molecule has 126 valence electrons. The molecule has 0 saturated carbocycles. The van der Waals surface area contributed by atoms with Gasteiger partial charge in [0, 0.05) is 37.8 Å². The van der Waals surface area contributed by atoms with Crippen molar-refractivity contribution >= 4 is 22.4 Å². The average Bonchev–Trinajstić information content (AvgIpc) is 3.05. The second-order valence-corrected chi connectivity index (χ2v) is 6.72. The lowest BCUT2D eigenvalue weighted by Crippen LogP contribution is -2.47. The van der Waals surface area contributed by atoms with Gasteiger partial charge >= 0.3 is 0 Å². The van der Waals surface area contributed by atoms with Gasteiger partial charge in [-0.15, -0.1) is 11.3 Å². The molecule has 1 aromatic heterocycles. The molecule has 0 radical (unpaired) electrons. The van der Waals surface area contributed by atoms with Crippen LogP contribution in [0.2, 0.25) is 0 Å². The van der Waals surface area contributed by atoms with Crippen LogP contribution in [0.25, 0.3) is 0 Å². The molecule has 0 unspecified atom stereocenters. The van der Waals surface area contributed by atoms with E-state index in [9.17, 15) is 4.79 Å². The van der Waals surface area contributed by atoms with Crippen molar-refractivity contribution in [3.05, 3.63) is 35.8 Å². The maximum absolute atomic E-state index is 12.8. The summed E-state index contributed by atoms with van der Waals surface area (Å²) in [7, 11) is 0. The van der Waals surface area contributed by atoms with Gasteiger partial charge in [-0.3, -0.25) is 4.79 Å². The summed E-state index contributed by atoms with van der Waals surface area (Å²) in [4.78, 5) is 21.3. The van der Waals surface area contributed by atoms with Crippen LogP contribution in [0.1, 0.15) is 6.42 Å². The van der Waals surface area contributed by atoms with Crippen LogP contribution >= 0.6 is 11.3 Å². The largest absolute Gasteiger partial charge is 0.485 e.